The van der Waals surface area contributed by atoms with E-state index in [0.29, 0.717) is 0 Å². The summed E-state index contributed by atoms with van der Waals surface area (Å²) in [6.45, 7) is 0.461. The lowest BCUT2D eigenvalue weighted by Crippen LogP contribution is -2.51. The van der Waals surface area contributed by atoms with Crippen LogP contribution in [0, 0.1) is 0 Å². The highest BCUT2D eigenvalue weighted by atomic mass is 32.2. The van der Waals surface area contributed by atoms with E-state index in [1.807, 2.05) is 0 Å². The summed E-state index contributed by atoms with van der Waals surface area (Å²) in [5.41, 5.74) is -1.05. The van der Waals surface area contributed by atoms with Crippen molar-refractivity contribution in [2.24, 2.45) is 0 Å². The summed E-state index contributed by atoms with van der Waals surface area (Å²) in [5, 5.41) is 3.31. The molecule has 7 nitrogen and oxygen atoms in total. The highest BCUT2D eigenvalue weighted by molar-refractivity contribution is 7.88. The molecule has 22 heavy (non-hydrogen) atoms. The lowest BCUT2D eigenvalue weighted by atomic mass is 10.3. The van der Waals surface area contributed by atoms with Crippen molar-refractivity contribution in [1.29, 1.82) is 0 Å². The number of nitrogens with zero attached hydrogens (tertiary/aromatic N) is 4. The van der Waals surface area contributed by atoms with Crippen molar-refractivity contribution in [2.45, 2.75) is 12.7 Å². The number of hydrogen-bond acceptors (Lipinski definition) is 4. The third-order valence-corrected chi connectivity index (χ3v) is 4.59. The van der Waals surface area contributed by atoms with E-state index in [2.05, 4.69) is 5.10 Å². The van der Waals surface area contributed by atoms with E-state index in [-0.39, 0.29) is 32.7 Å². The number of hydrogen-bond donors (Lipinski definition) is 0. The molecule has 0 N–H and O–H groups in total. The zero-order valence-electron chi connectivity index (χ0n) is 11.7. The van der Waals surface area contributed by atoms with Crippen molar-refractivity contribution < 1.29 is 26.4 Å². The first-order valence-electron chi connectivity index (χ1n) is 6.41. The predicted octanol–water partition coefficient (Wildman–Crippen LogP) is 0.00570. The van der Waals surface area contributed by atoms with E-state index in [9.17, 15) is 26.4 Å². The third kappa shape index (κ3) is 3.97. The van der Waals surface area contributed by atoms with Gasteiger partial charge in [0.05, 0.1) is 6.26 Å². The zero-order chi connectivity index (χ0) is 16.5. The van der Waals surface area contributed by atoms with Crippen molar-refractivity contribution >= 4 is 15.9 Å². The molecule has 0 bridgehead atoms. The topological polar surface area (TPSA) is 75.5 Å². The van der Waals surface area contributed by atoms with Gasteiger partial charge in [-0.3, -0.25) is 9.48 Å². The van der Waals surface area contributed by atoms with Crippen LogP contribution in [0.4, 0.5) is 13.2 Å². The van der Waals surface area contributed by atoms with Crippen molar-refractivity contribution in [3.63, 3.8) is 0 Å². The molecule has 2 heterocycles. The second-order valence-corrected chi connectivity index (χ2v) is 6.92. The average Bonchev–Trinajstić information content (AvgIpc) is 2.86. The minimum Gasteiger partial charge on any atom is -0.338 e. The molecule has 0 aliphatic carbocycles. The van der Waals surface area contributed by atoms with Crippen molar-refractivity contribution in [2.75, 3.05) is 32.4 Å². The molecule has 1 aliphatic rings. The van der Waals surface area contributed by atoms with Crippen LogP contribution in [0.1, 0.15) is 5.69 Å². The minimum atomic E-state index is -4.55. The number of carbonyl (C=O) groups is 1. The molecule has 1 aromatic heterocycles. The summed E-state index contributed by atoms with van der Waals surface area (Å²) in [7, 11) is -3.29. The summed E-state index contributed by atoms with van der Waals surface area (Å²) >= 11 is 0. The van der Waals surface area contributed by atoms with Gasteiger partial charge in [0.25, 0.3) is 0 Å². The van der Waals surface area contributed by atoms with Gasteiger partial charge in [0.2, 0.25) is 15.9 Å². The number of sulfonamides is 1. The first-order chi connectivity index (χ1) is 10.1. The SMILES string of the molecule is CS(=O)(=O)N1CCN(C(=O)Cn2ccc(C(F)(F)F)n2)CC1. The molecule has 0 saturated carbocycles. The Labute approximate surface area is 125 Å². The predicted molar refractivity (Wildman–Crippen MR) is 70.2 cm³/mol. The Balaban J connectivity index is 1.93. The molecule has 124 valence electrons. The Hall–Kier alpha value is -1.62. The van der Waals surface area contributed by atoms with E-state index in [1.165, 1.54) is 9.21 Å². The maximum Gasteiger partial charge on any atom is 0.435 e. The van der Waals surface area contributed by atoms with E-state index < -0.39 is 27.8 Å². The fourth-order valence-electron chi connectivity index (χ4n) is 2.11. The quantitative estimate of drug-likeness (QED) is 0.777. The maximum absolute atomic E-state index is 12.4. The van der Waals surface area contributed by atoms with Crippen LogP contribution in [0.5, 0.6) is 0 Å². The molecule has 11 heteroatoms. The van der Waals surface area contributed by atoms with Crippen LogP contribution in [0.15, 0.2) is 12.3 Å². The highest BCUT2D eigenvalue weighted by Gasteiger charge is 2.34. The minimum absolute atomic E-state index is 0.178. The normalized spacial score (nSPS) is 17.7. The van der Waals surface area contributed by atoms with Gasteiger partial charge in [-0.2, -0.15) is 22.6 Å². The molecular formula is C11H15F3N4O3S. The van der Waals surface area contributed by atoms with Crippen LogP contribution < -0.4 is 0 Å². The average molecular weight is 340 g/mol. The first-order valence-corrected chi connectivity index (χ1v) is 8.26. The van der Waals surface area contributed by atoms with Gasteiger partial charge in [-0.1, -0.05) is 0 Å². The highest BCUT2D eigenvalue weighted by Crippen LogP contribution is 2.27. The lowest BCUT2D eigenvalue weighted by Gasteiger charge is -2.33. The largest absolute Gasteiger partial charge is 0.435 e. The number of alkyl halides is 3. The Morgan fingerprint density at radius 2 is 1.86 bits per heavy atom. The van der Waals surface area contributed by atoms with E-state index in [1.54, 1.807) is 0 Å². The van der Waals surface area contributed by atoms with E-state index in [4.69, 9.17) is 0 Å². The third-order valence-electron chi connectivity index (χ3n) is 3.29. The van der Waals surface area contributed by atoms with Crippen LogP contribution in [0.2, 0.25) is 0 Å². The Morgan fingerprint density at radius 3 is 2.32 bits per heavy atom. The van der Waals surface area contributed by atoms with E-state index in [0.717, 1.165) is 23.2 Å². The lowest BCUT2D eigenvalue weighted by molar-refractivity contribution is -0.142. The summed E-state index contributed by atoms with van der Waals surface area (Å²) in [4.78, 5) is 13.4. The zero-order valence-corrected chi connectivity index (χ0v) is 12.6. The molecule has 1 aromatic rings. The summed E-state index contributed by atoms with van der Waals surface area (Å²) in [6.07, 6.45) is -2.37. The standard InChI is InChI=1S/C11H15F3N4O3S/c1-22(20,21)18-6-4-16(5-7-18)10(19)8-17-3-2-9(15-17)11(12,13)14/h2-3H,4-8H2,1H3. The van der Waals surface area contributed by atoms with Crippen LogP contribution in [0.3, 0.4) is 0 Å². The molecule has 0 spiro atoms. The van der Waals surface area contributed by atoms with Gasteiger partial charge in [0.15, 0.2) is 5.69 Å². The fourth-order valence-corrected chi connectivity index (χ4v) is 2.94. The summed E-state index contributed by atoms with van der Waals surface area (Å²) in [5.74, 6) is -0.398. The van der Waals surface area contributed by atoms with Gasteiger partial charge >= 0.3 is 6.18 Å². The van der Waals surface area contributed by atoms with Gasteiger partial charge in [-0.25, -0.2) is 8.42 Å². The molecule has 1 amide bonds. The first kappa shape index (κ1) is 16.7. The van der Waals surface area contributed by atoms with Crippen LogP contribution in [-0.4, -0.2) is 65.7 Å². The fraction of sp³-hybridized carbons (Fsp3) is 0.636. The van der Waals surface area contributed by atoms with Crippen LogP contribution >= 0.6 is 0 Å². The monoisotopic (exact) mass is 340 g/mol. The van der Waals surface area contributed by atoms with Gasteiger partial charge < -0.3 is 4.90 Å². The second-order valence-electron chi connectivity index (χ2n) is 4.94. The summed E-state index contributed by atoms with van der Waals surface area (Å²) in [6, 6.07) is 0.800. The number of carbonyl (C=O) groups excluding carboxylic acids is 1. The van der Waals surface area contributed by atoms with Crippen molar-refractivity contribution in [3.05, 3.63) is 18.0 Å². The molecular weight excluding hydrogens is 325 g/mol. The van der Waals surface area contributed by atoms with Gasteiger partial charge in [0, 0.05) is 32.4 Å². The Morgan fingerprint density at radius 1 is 1.27 bits per heavy atom. The number of piperazine rings is 1. The van der Waals surface area contributed by atoms with E-state index >= 15 is 0 Å². The molecule has 0 radical (unpaired) electrons. The number of aromatic nitrogens is 2. The molecule has 1 saturated heterocycles. The maximum atomic E-state index is 12.4. The Kier molecular flexibility index (Phi) is 4.47. The van der Waals surface area contributed by atoms with Crippen molar-refractivity contribution in [1.82, 2.24) is 19.0 Å². The second kappa shape index (κ2) is 5.88. The molecule has 2 rings (SSSR count). The van der Waals surface area contributed by atoms with Crippen LogP contribution in [0.25, 0.3) is 0 Å². The number of rotatable bonds is 3. The Bertz CT molecular complexity index is 648. The molecule has 0 unspecified atom stereocenters. The number of amides is 1. The number of halogens is 3. The van der Waals surface area contributed by atoms with Gasteiger partial charge in [-0.05, 0) is 6.07 Å². The molecule has 1 fully saturated rings. The van der Waals surface area contributed by atoms with Gasteiger partial charge in [0.1, 0.15) is 6.54 Å². The molecule has 0 aromatic carbocycles. The van der Waals surface area contributed by atoms with Crippen molar-refractivity contribution in [3.8, 4) is 0 Å². The molecule has 1 aliphatic heterocycles. The molecule has 0 atom stereocenters. The summed E-state index contributed by atoms with van der Waals surface area (Å²) < 4.78 is 62.1. The smallest absolute Gasteiger partial charge is 0.338 e. The van der Waals surface area contributed by atoms with Gasteiger partial charge in [-0.15, -0.1) is 0 Å². The van der Waals surface area contributed by atoms with Crippen LogP contribution in [-0.2, 0) is 27.5 Å².